The smallest absolute Gasteiger partial charge is 0.236 e. The highest BCUT2D eigenvalue weighted by Gasteiger charge is 2.57. The summed E-state index contributed by atoms with van der Waals surface area (Å²) in [5.74, 6) is 0.539. The van der Waals surface area contributed by atoms with Gasteiger partial charge in [0, 0.05) is 52.3 Å². The first-order chi connectivity index (χ1) is 13.1. The fourth-order valence-corrected chi connectivity index (χ4v) is 4.76. The van der Waals surface area contributed by atoms with Crippen LogP contribution in [0.15, 0.2) is 59.6 Å². The molecule has 1 aliphatic heterocycles. The van der Waals surface area contributed by atoms with Crippen LogP contribution in [0, 0.1) is 0 Å². The fraction of sp³-hybridized carbons (Fsp3) is 0.250. The van der Waals surface area contributed by atoms with E-state index >= 15 is 0 Å². The van der Waals surface area contributed by atoms with Crippen LogP contribution >= 0.6 is 15.9 Å². The molecule has 0 saturated heterocycles. The minimum atomic E-state index is -0.946. The highest BCUT2D eigenvalue weighted by atomic mass is 79.9. The van der Waals surface area contributed by atoms with Crippen molar-refractivity contribution < 1.29 is 4.79 Å². The molecule has 27 heavy (non-hydrogen) atoms. The van der Waals surface area contributed by atoms with Crippen molar-refractivity contribution in [3.8, 4) is 0 Å². The molecule has 7 heteroatoms. The number of fused-ring (bicyclic) bond motifs is 1. The quantitative estimate of drug-likeness (QED) is 0.689. The SMILES string of the molecule is CC(c1ncccn1)C1(C(C)c2ncccn2)C(=O)Nc2cccc(Br)c21. The summed E-state index contributed by atoms with van der Waals surface area (Å²) < 4.78 is 0.865. The van der Waals surface area contributed by atoms with Gasteiger partial charge in [0.15, 0.2) is 0 Å². The van der Waals surface area contributed by atoms with Crippen molar-refractivity contribution >= 4 is 27.5 Å². The van der Waals surface area contributed by atoms with Gasteiger partial charge >= 0.3 is 0 Å². The predicted molar refractivity (Wildman–Crippen MR) is 105 cm³/mol. The number of halogens is 1. The van der Waals surface area contributed by atoms with Crippen molar-refractivity contribution in [2.75, 3.05) is 5.32 Å². The summed E-state index contributed by atoms with van der Waals surface area (Å²) in [6, 6.07) is 9.31. The molecule has 4 rings (SSSR count). The van der Waals surface area contributed by atoms with Crippen LogP contribution in [0.25, 0.3) is 0 Å². The van der Waals surface area contributed by atoms with E-state index < -0.39 is 5.41 Å². The van der Waals surface area contributed by atoms with Crippen LogP contribution < -0.4 is 5.32 Å². The maximum absolute atomic E-state index is 13.5. The van der Waals surface area contributed by atoms with Crippen LogP contribution in [0.4, 0.5) is 5.69 Å². The lowest BCUT2D eigenvalue weighted by Gasteiger charge is -2.38. The molecule has 1 N–H and O–H groups in total. The highest BCUT2D eigenvalue weighted by molar-refractivity contribution is 9.10. The number of benzene rings is 1. The van der Waals surface area contributed by atoms with E-state index in [1.807, 2.05) is 32.0 Å². The van der Waals surface area contributed by atoms with Crippen molar-refractivity contribution in [2.24, 2.45) is 0 Å². The molecule has 0 aliphatic carbocycles. The zero-order valence-electron chi connectivity index (χ0n) is 14.9. The third-order valence-electron chi connectivity index (χ3n) is 5.36. The Hall–Kier alpha value is -2.67. The summed E-state index contributed by atoms with van der Waals surface area (Å²) in [5.41, 5.74) is 0.743. The Morgan fingerprint density at radius 1 is 0.889 bits per heavy atom. The van der Waals surface area contributed by atoms with Gasteiger partial charge in [0.25, 0.3) is 0 Å². The molecule has 3 aromatic rings. The zero-order valence-corrected chi connectivity index (χ0v) is 16.5. The number of hydrogen-bond donors (Lipinski definition) is 1. The largest absolute Gasteiger partial charge is 0.325 e. The van der Waals surface area contributed by atoms with Gasteiger partial charge in [-0.25, -0.2) is 19.9 Å². The van der Waals surface area contributed by atoms with Gasteiger partial charge in [0.05, 0.1) is 5.41 Å². The number of carbonyl (C=O) groups is 1. The molecule has 0 bridgehead atoms. The molecule has 136 valence electrons. The lowest BCUT2D eigenvalue weighted by atomic mass is 9.63. The topological polar surface area (TPSA) is 80.7 Å². The maximum Gasteiger partial charge on any atom is 0.236 e. The minimum absolute atomic E-state index is 0.0932. The van der Waals surface area contributed by atoms with Crippen LogP contribution in [0.3, 0.4) is 0 Å². The Morgan fingerprint density at radius 2 is 1.41 bits per heavy atom. The van der Waals surface area contributed by atoms with E-state index in [1.54, 1.807) is 36.9 Å². The number of anilines is 1. The Morgan fingerprint density at radius 3 is 1.93 bits per heavy atom. The normalized spacial score (nSPS) is 20.6. The molecule has 1 aromatic carbocycles. The standard InChI is InChI=1S/C20H18BrN5O/c1-12(17-22-8-4-9-23-17)20(13(2)18-24-10-5-11-25-18)16-14(21)6-3-7-15(16)26-19(20)27/h3-13H,1-2H3,(H,26,27). The Bertz CT molecular complexity index is 935. The van der Waals surface area contributed by atoms with Gasteiger partial charge in [-0.1, -0.05) is 35.8 Å². The number of amides is 1. The number of rotatable bonds is 4. The molecule has 0 fully saturated rings. The third-order valence-corrected chi connectivity index (χ3v) is 6.02. The summed E-state index contributed by atoms with van der Waals surface area (Å²) in [4.78, 5) is 31.2. The summed E-state index contributed by atoms with van der Waals surface area (Å²) in [6.45, 7) is 3.98. The van der Waals surface area contributed by atoms with E-state index in [0.29, 0.717) is 11.6 Å². The highest BCUT2D eigenvalue weighted by Crippen LogP contribution is 2.55. The van der Waals surface area contributed by atoms with Crippen molar-refractivity contribution in [1.29, 1.82) is 0 Å². The molecular formula is C20H18BrN5O. The molecule has 3 heterocycles. The van der Waals surface area contributed by atoms with Crippen LogP contribution in [-0.4, -0.2) is 25.8 Å². The molecule has 0 spiro atoms. The molecule has 2 aromatic heterocycles. The first-order valence-corrected chi connectivity index (χ1v) is 9.50. The number of nitrogens with zero attached hydrogens (tertiary/aromatic N) is 4. The van der Waals surface area contributed by atoms with Crippen LogP contribution in [0.1, 0.15) is 42.9 Å². The van der Waals surface area contributed by atoms with Crippen molar-refractivity contribution in [2.45, 2.75) is 31.1 Å². The van der Waals surface area contributed by atoms with Gasteiger partial charge in [-0.15, -0.1) is 0 Å². The van der Waals surface area contributed by atoms with Gasteiger partial charge in [0.1, 0.15) is 11.6 Å². The molecule has 1 aliphatic rings. The number of nitrogens with one attached hydrogen (secondary N) is 1. The lowest BCUT2D eigenvalue weighted by Crippen LogP contribution is -2.45. The first kappa shape index (κ1) is 17.7. The molecular weight excluding hydrogens is 406 g/mol. The molecule has 0 radical (unpaired) electrons. The second kappa shape index (κ2) is 6.81. The number of aromatic nitrogens is 4. The van der Waals surface area contributed by atoms with E-state index in [0.717, 1.165) is 15.7 Å². The van der Waals surface area contributed by atoms with Crippen LogP contribution in [-0.2, 0) is 10.2 Å². The molecule has 6 nitrogen and oxygen atoms in total. The number of carbonyl (C=O) groups excluding carboxylic acids is 1. The van der Waals surface area contributed by atoms with Gasteiger partial charge in [-0.05, 0) is 24.3 Å². The maximum atomic E-state index is 13.5. The summed E-state index contributed by atoms with van der Waals surface area (Å²) in [7, 11) is 0. The summed E-state index contributed by atoms with van der Waals surface area (Å²) in [5, 5.41) is 3.05. The minimum Gasteiger partial charge on any atom is -0.325 e. The monoisotopic (exact) mass is 423 g/mol. The summed E-state index contributed by atoms with van der Waals surface area (Å²) >= 11 is 3.66. The lowest BCUT2D eigenvalue weighted by molar-refractivity contribution is -0.122. The molecule has 0 saturated carbocycles. The zero-order chi connectivity index (χ0) is 19.0. The summed E-state index contributed by atoms with van der Waals surface area (Å²) in [6.07, 6.45) is 6.79. The van der Waals surface area contributed by atoms with E-state index in [-0.39, 0.29) is 17.7 Å². The van der Waals surface area contributed by atoms with Crippen molar-refractivity contribution in [3.63, 3.8) is 0 Å². The molecule has 2 unspecified atom stereocenters. The predicted octanol–water partition coefficient (Wildman–Crippen LogP) is 3.83. The Kier molecular flexibility index (Phi) is 4.47. The van der Waals surface area contributed by atoms with Crippen LogP contribution in [0.5, 0.6) is 0 Å². The third kappa shape index (κ3) is 2.65. The Labute approximate surface area is 165 Å². The van der Waals surface area contributed by atoms with E-state index in [9.17, 15) is 4.79 Å². The van der Waals surface area contributed by atoms with E-state index in [4.69, 9.17) is 0 Å². The van der Waals surface area contributed by atoms with Gasteiger partial charge in [0.2, 0.25) is 5.91 Å². The van der Waals surface area contributed by atoms with Crippen molar-refractivity contribution in [1.82, 2.24) is 19.9 Å². The van der Waals surface area contributed by atoms with Gasteiger partial charge < -0.3 is 5.32 Å². The second-order valence-electron chi connectivity index (χ2n) is 6.64. The average molecular weight is 424 g/mol. The van der Waals surface area contributed by atoms with E-state index in [1.165, 1.54) is 0 Å². The fourth-order valence-electron chi connectivity index (χ4n) is 4.07. The van der Waals surface area contributed by atoms with Crippen molar-refractivity contribution in [3.05, 3.63) is 76.8 Å². The van der Waals surface area contributed by atoms with Gasteiger partial charge in [-0.3, -0.25) is 4.79 Å². The Balaban J connectivity index is 1.99. The first-order valence-electron chi connectivity index (χ1n) is 8.71. The molecule has 2 atom stereocenters. The number of hydrogen-bond acceptors (Lipinski definition) is 5. The van der Waals surface area contributed by atoms with E-state index in [2.05, 4.69) is 41.2 Å². The second-order valence-corrected chi connectivity index (χ2v) is 7.50. The van der Waals surface area contributed by atoms with Crippen LogP contribution in [0.2, 0.25) is 0 Å². The van der Waals surface area contributed by atoms with Gasteiger partial charge in [-0.2, -0.15) is 0 Å². The average Bonchev–Trinajstić information content (AvgIpc) is 3.02. The molecule has 1 amide bonds.